The van der Waals surface area contributed by atoms with Crippen LogP contribution in [0.1, 0.15) is 15.9 Å². The number of nitro benzene ring substituents is 1. The number of ether oxygens (including phenoxy) is 1. The molecule has 0 amide bonds. The molecule has 0 aliphatic carbocycles. The van der Waals surface area contributed by atoms with E-state index in [1.165, 1.54) is 19.2 Å². The molecule has 0 saturated carbocycles. The average Bonchev–Trinajstić information content (AvgIpc) is 2.53. The van der Waals surface area contributed by atoms with Gasteiger partial charge in [0.15, 0.2) is 0 Å². The van der Waals surface area contributed by atoms with Crippen molar-refractivity contribution >= 4 is 17.3 Å². The molecule has 108 valence electrons. The fourth-order valence-electron chi connectivity index (χ4n) is 1.81. The van der Waals surface area contributed by atoms with E-state index in [-0.39, 0.29) is 11.7 Å². The molecule has 0 atom stereocenters. The van der Waals surface area contributed by atoms with Crippen molar-refractivity contribution in [1.82, 2.24) is 0 Å². The van der Waals surface area contributed by atoms with E-state index < -0.39 is 4.92 Å². The Morgan fingerprint density at radius 2 is 1.95 bits per heavy atom. The van der Waals surface area contributed by atoms with Gasteiger partial charge in [0.05, 0.1) is 17.6 Å². The summed E-state index contributed by atoms with van der Waals surface area (Å²) in [5, 5.41) is 13.8. The molecule has 0 unspecified atom stereocenters. The number of nitro groups is 1. The highest BCUT2D eigenvalue weighted by Gasteiger charge is 2.06. The highest BCUT2D eigenvalue weighted by molar-refractivity contribution is 5.89. The number of carbonyl (C=O) groups excluding carboxylic acids is 1. The number of nitrogens with one attached hydrogen (secondary N) is 1. The Kier molecular flexibility index (Phi) is 4.50. The van der Waals surface area contributed by atoms with Crippen LogP contribution in [0.2, 0.25) is 0 Å². The maximum atomic E-state index is 11.3. The Morgan fingerprint density at radius 1 is 1.24 bits per heavy atom. The van der Waals surface area contributed by atoms with Crippen LogP contribution in [0.15, 0.2) is 48.5 Å². The van der Waals surface area contributed by atoms with Crippen LogP contribution >= 0.6 is 0 Å². The van der Waals surface area contributed by atoms with Crippen molar-refractivity contribution in [3.8, 4) is 0 Å². The van der Waals surface area contributed by atoms with Gasteiger partial charge in [-0.15, -0.1) is 0 Å². The second-order valence-corrected chi connectivity index (χ2v) is 4.35. The predicted octanol–water partition coefficient (Wildman–Crippen LogP) is 2.99. The lowest BCUT2D eigenvalue weighted by molar-refractivity contribution is -0.384. The van der Waals surface area contributed by atoms with Gasteiger partial charge in [-0.25, -0.2) is 4.79 Å². The van der Waals surface area contributed by atoms with E-state index in [4.69, 9.17) is 0 Å². The molecule has 0 aliphatic heterocycles. The second-order valence-electron chi connectivity index (χ2n) is 4.35. The second kappa shape index (κ2) is 6.51. The summed E-state index contributed by atoms with van der Waals surface area (Å²) in [4.78, 5) is 21.6. The highest BCUT2D eigenvalue weighted by Crippen LogP contribution is 2.18. The lowest BCUT2D eigenvalue weighted by atomic mass is 10.1. The summed E-state index contributed by atoms with van der Waals surface area (Å²) in [6.45, 7) is 0.503. The molecule has 0 radical (unpaired) electrons. The van der Waals surface area contributed by atoms with Crippen molar-refractivity contribution < 1.29 is 14.5 Å². The van der Waals surface area contributed by atoms with Crippen molar-refractivity contribution in [1.29, 1.82) is 0 Å². The smallest absolute Gasteiger partial charge is 0.337 e. The van der Waals surface area contributed by atoms with Gasteiger partial charge in [0.1, 0.15) is 0 Å². The van der Waals surface area contributed by atoms with Crippen LogP contribution in [0.5, 0.6) is 0 Å². The molecule has 0 heterocycles. The molecule has 0 aromatic heterocycles. The standard InChI is InChI=1S/C15H14N2O4/c1-21-15(18)12-7-5-11(6-8-12)10-16-13-3-2-4-14(9-13)17(19)20/h2-9,16H,10H2,1H3. The Labute approximate surface area is 121 Å². The fourth-order valence-corrected chi connectivity index (χ4v) is 1.81. The quantitative estimate of drug-likeness (QED) is 0.519. The van der Waals surface area contributed by atoms with Crippen molar-refractivity contribution in [2.75, 3.05) is 12.4 Å². The first-order chi connectivity index (χ1) is 10.1. The number of rotatable bonds is 5. The van der Waals surface area contributed by atoms with E-state index in [1.807, 2.05) is 0 Å². The Bertz CT molecular complexity index is 653. The minimum absolute atomic E-state index is 0.0426. The maximum absolute atomic E-state index is 11.3. The maximum Gasteiger partial charge on any atom is 0.337 e. The van der Waals surface area contributed by atoms with Crippen LogP contribution in [-0.2, 0) is 11.3 Å². The average molecular weight is 286 g/mol. The van der Waals surface area contributed by atoms with E-state index >= 15 is 0 Å². The molecular weight excluding hydrogens is 272 g/mol. The van der Waals surface area contributed by atoms with Gasteiger partial charge in [-0.05, 0) is 23.8 Å². The van der Waals surface area contributed by atoms with Gasteiger partial charge in [-0.3, -0.25) is 10.1 Å². The van der Waals surface area contributed by atoms with Crippen molar-refractivity contribution in [2.24, 2.45) is 0 Å². The molecule has 21 heavy (non-hydrogen) atoms. The monoisotopic (exact) mass is 286 g/mol. The summed E-state index contributed by atoms with van der Waals surface area (Å²) >= 11 is 0. The van der Waals surface area contributed by atoms with E-state index in [9.17, 15) is 14.9 Å². The van der Waals surface area contributed by atoms with Gasteiger partial charge >= 0.3 is 5.97 Å². The summed E-state index contributed by atoms with van der Waals surface area (Å²) in [5.74, 6) is -0.381. The van der Waals surface area contributed by atoms with E-state index in [0.29, 0.717) is 17.8 Å². The molecule has 0 spiro atoms. The minimum atomic E-state index is -0.434. The Hall–Kier alpha value is -2.89. The fraction of sp³-hybridized carbons (Fsp3) is 0.133. The molecule has 2 aromatic rings. The Morgan fingerprint density at radius 3 is 2.57 bits per heavy atom. The topological polar surface area (TPSA) is 81.5 Å². The van der Waals surface area contributed by atoms with E-state index in [0.717, 1.165) is 5.56 Å². The molecule has 0 bridgehead atoms. The van der Waals surface area contributed by atoms with Crippen LogP contribution in [-0.4, -0.2) is 18.0 Å². The number of nitrogens with zero attached hydrogens (tertiary/aromatic N) is 1. The van der Waals surface area contributed by atoms with Crippen molar-refractivity contribution in [3.63, 3.8) is 0 Å². The molecule has 6 nitrogen and oxygen atoms in total. The number of hydrogen-bond donors (Lipinski definition) is 1. The first-order valence-electron chi connectivity index (χ1n) is 6.26. The zero-order chi connectivity index (χ0) is 15.2. The molecular formula is C15H14N2O4. The third-order valence-electron chi connectivity index (χ3n) is 2.93. The summed E-state index contributed by atoms with van der Waals surface area (Å²) in [6.07, 6.45) is 0. The predicted molar refractivity (Wildman–Crippen MR) is 78.2 cm³/mol. The van der Waals surface area contributed by atoms with Crippen LogP contribution in [0.25, 0.3) is 0 Å². The lowest BCUT2D eigenvalue weighted by Gasteiger charge is -2.07. The van der Waals surface area contributed by atoms with Gasteiger partial charge in [0.2, 0.25) is 0 Å². The highest BCUT2D eigenvalue weighted by atomic mass is 16.6. The number of anilines is 1. The summed E-state index contributed by atoms with van der Waals surface area (Å²) in [6, 6.07) is 13.3. The molecule has 6 heteroatoms. The number of hydrogen-bond acceptors (Lipinski definition) is 5. The first kappa shape index (κ1) is 14.5. The summed E-state index contributed by atoms with van der Waals surface area (Å²) in [5.41, 5.74) is 2.15. The number of benzene rings is 2. The Balaban J connectivity index is 2.01. The molecule has 2 aromatic carbocycles. The van der Waals surface area contributed by atoms with E-state index in [1.54, 1.807) is 36.4 Å². The zero-order valence-corrected chi connectivity index (χ0v) is 11.4. The number of carbonyl (C=O) groups is 1. The third kappa shape index (κ3) is 3.79. The van der Waals surface area contributed by atoms with Crippen LogP contribution < -0.4 is 5.32 Å². The van der Waals surface area contributed by atoms with E-state index in [2.05, 4.69) is 10.1 Å². The largest absolute Gasteiger partial charge is 0.465 e. The molecule has 0 saturated heterocycles. The van der Waals surface area contributed by atoms with Gasteiger partial charge in [0.25, 0.3) is 5.69 Å². The number of non-ortho nitro benzene ring substituents is 1. The van der Waals surface area contributed by atoms with Crippen LogP contribution in [0, 0.1) is 10.1 Å². The zero-order valence-electron chi connectivity index (χ0n) is 11.4. The van der Waals surface area contributed by atoms with Crippen LogP contribution in [0.4, 0.5) is 11.4 Å². The van der Waals surface area contributed by atoms with Gasteiger partial charge in [-0.1, -0.05) is 18.2 Å². The van der Waals surface area contributed by atoms with Gasteiger partial charge in [-0.2, -0.15) is 0 Å². The summed E-state index contributed by atoms with van der Waals surface area (Å²) < 4.78 is 4.62. The number of methoxy groups -OCH3 is 1. The minimum Gasteiger partial charge on any atom is -0.465 e. The SMILES string of the molecule is COC(=O)c1ccc(CNc2cccc([N+](=O)[O-])c2)cc1. The van der Waals surface area contributed by atoms with Crippen molar-refractivity contribution in [3.05, 3.63) is 69.8 Å². The molecule has 1 N–H and O–H groups in total. The first-order valence-corrected chi connectivity index (χ1v) is 6.26. The van der Waals surface area contributed by atoms with Crippen LogP contribution in [0.3, 0.4) is 0 Å². The molecule has 0 aliphatic rings. The lowest BCUT2D eigenvalue weighted by Crippen LogP contribution is -2.03. The molecule has 0 fully saturated rings. The van der Waals surface area contributed by atoms with Gasteiger partial charge < -0.3 is 10.1 Å². The van der Waals surface area contributed by atoms with Crippen molar-refractivity contribution in [2.45, 2.75) is 6.54 Å². The number of esters is 1. The molecule has 2 rings (SSSR count). The third-order valence-corrected chi connectivity index (χ3v) is 2.93. The normalized spacial score (nSPS) is 9.95. The van der Waals surface area contributed by atoms with Gasteiger partial charge in [0, 0.05) is 24.4 Å². The summed E-state index contributed by atoms with van der Waals surface area (Å²) in [7, 11) is 1.33.